The van der Waals surface area contributed by atoms with E-state index in [0.29, 0.717) is 52.6 Å². The second-order valence-electron chi connectivity index (χ2n) is 9.26. The smallest absolute Gasteiger partial charge is 0.251 e. The molecule has 4 rings (SSSR count). The molecule has 1 saturated heterocycles. The Kier molecular flexibility index (Phi) is 10.1. The number of hydrogen-bond donors (Lipinski definition) is 3. The van der Waals surface area contributed by atoms with Gasteiger partial charge < -0.3 is 14.8 Å². The lowest BCUT2D eigenvalue weighted by atomic mass is 9.96. The number of methoxy groups -OCH3 is 1. The van der Waals surface area contributed by atoms with Gasteiger partial charge in [-0.2, -0.15) is 0 Å². The van der Waals surface area contributed by atoms with Crippen molar-refractivity contribution < 1.29 is 19.1 Å². The van der Waals surface area contributed by atoms with Crippen molar-refractivity contribution in [2.45, 2.75) is 25.6 Å². The SMILES string of the molecule is COc1ccc(C(=O)NCC2CCN(CC(=O)NC3=NC(N)N=N3)CC2)cc1OCCc1ccc(Cl)cc1Cl. The molecule has 0 saturated carbocycles. The van der Waals surface area contributed by atoms with Crippen LogP contribution in [0.3, 0.4) is 0 Å². The second kappa shape index (κ2) is 13.7. The minimum absolute atomic E-state index is 0.142. The van der Waals surface area contributed by atoms with E-state index in [-0.39, 0.29) is 24.3 Å². The maximum absolute atomic E-state index is 12.9. The Bertz CT molecular complexity index is 1250. The van der Waals surface area contributed by atoms with Gasteiger partial charge in [0.1, 0.15) is 0 Å². The largest absolute Gasteiger partial charge is 0.493 e. The highest BCUT2D eigenvalue weighted by molar-refractivity contribution is 6.35. The molecule has 0 spiro atoms. The van der Waals surface area contributed by atoms with E-state index in [1.54, 1.807) is 37.4 Å². The van der Waals surface area contributed by atoms with E-state index in [9.17, 15) is 9.59 Å². The minimum atomic E-state index is -0.747. The van der Waals surface area contributed by atoms with Gasteiger partial charge in [-0.1, -0.05) is 29.3 Å². The van der Waals surface area contributed by atoms with Crippen LogP contribution in [0.25, 0.3) is 0 Å². The Morgan fingerprint density at radius 2 is 1.92 bits per heavy atom. The first-order valence-corrected chi connectivity index (χ1v) is 13.4. The zero-order valence-corrected chi connectivity index (χ0v) is 23.0. The number of carbonyl (C=O) groups excluding carboxylic acids is 2. The molecule has 0 bridgehead atoms. The molecule has 208 valence electrons. The Hall–Kier alpha value is -3.25. The summed E-state index contributed by atoms with van der Waals surface area (Å²) in [6.45, 7) is 2.64. The average molecular weight is 576 g/mol. The first kappa shape index (κ1) is 28.8. The molecule has 11 nitrogen and oxygen atoms in total. The maximum atomic E-state index is 12.9. The van der Waals surface area contributed by atoms with Crippen LogP contribution in [0, 0.1) is 5.92 Å². The molecule has 2 aromatic carbocycles. The number of amides is 2. The summed E-state index contributed by atoms with van der Waals surface area (Å²) in [5.41, 5.74) is 6.90. The van der Waals surface area contributed by atoms with Crippen LogP contribution in [0.5, 0.6) is 11.5 Å². The number of hydrogen-bond acceptors (Lipinski definition) is 9. The molecule has 13 heteroatoms. The summed E-state index contributed by atoms with van der Waals surface area (Å²) in [5.74, 6) is 1.09. The van der Waals surface area contributed by atoms with Crippen molar-refractivity contribution in [3.8, 4) is 11.5 Å². The Labute approximate surface area is 236 Å². The van der Waals surface area contributed by atoms with E-state index >= 15 is 0 Å². The summed E-state index contributed by atoms with van der Waals surface area (Å²) < 4.78 is 11.3. The first-order chi connectivity index (χ1) is 18.8. The summed E-state index contributed by atoms with van der Waals surface area (Å²) in [6.07, 6.45) is 1.56. The summed E-state index contributed by atoms with van der Waals surface area (Å²) in [5, 5.41) is 14.1. The highest BCUT2D eigenvalue weighted by atomic mass is 35.5. The predicted molar refractivity (Wildman–Crippen MR) is 149 cm³/mol. The van der Waals surface area contributed by atoms with Crippen molar-refractivity contribution >= 4 is 41.0 Å². The van der Waals surface area contributed by atoms with E-state index in [2.05, 4.69) is 30.8 Å². The first-order valence-electron chi connectivity index (χ1n) is 12.6. The monoisotopic (exact) mass is 575 g/mol. The lowest BCUT2D eigenvalue weighted by Crippen LogP contribution is -2.44. The Morgan fingerprint density at radius 3 is 2.62 bits per heavy atom. The lowest BCUT2D eigenvalue weighted by Gasteiger charge is -2.31. The molecule has 2 amide bonds. The van der Waals surface area contributed by atoms with Gasteiger partial charge in [0, 0.05) is 28.6 Å². The number of azo groups is 1. The third-order valence-electron chi connectivity index (χ3n) is 6.47. The number of likely N-dealkylation sites (tertiary alicyclic amines) is 1. The topological polar surface area (TPSA) is 143 Å². The van der Waals surface area contributed by atoms with Crippen LogP contribution in [0.4, 0.5) is 0 Å². The van der Waals surface area contributed by atoms with Crippen molar-refractivity contribution in [2.75, 3.05) is 39.9 Å². The van der Waals surface area contributed by atoms with Crippen LogP contribution >= 0.6 is 23.2 Å². The molecular formula is C26H31Cl2N7O4. The highest BCUT2D eigenvalue weighted by Crippen LogP contribution is 2.29. The maximum Gasteiger partial charge on any atom is 0.251 e. The van der Waals surface area contributed by atoms with Crippen molar-refractivity contribution in [1.82, 2.24) is 15.5 Å². The quantitative estimate of drug-likeness (QED) is 0.396. The number of piperidine rings is 1. The predicted octanol–water partition coefficient (Wildman–Crippen LogP) is 3.25. The summed E-state index contributed by atoms with van der Waals surface area (Å²) in [6, 6.07) is 10.4. The molecule has 2 aliphatic rings. The fourth-order valence-corrected chi connectivity index (χ4v) is 4.83. The Morgan fingerprint density at radius 1 is 1.13 bits per heavy atom. The summed E-state index contributed by atoms with van der Waals surface area (Å²) in [7, 11) is 1.55. The van der Waals surface area contributed by atoms with Gasteiger partial charge in [0.2, 0.25) is 18.2 Å². The lowest BCUT2D eigenvalue weighted by molar-refractivity contribution is -0.121. The average Bonchev–Trinajstić information content (AvgIpc) is 3.33. The van der Waals surface area contributed by atoms with Gasteiger partial charge in [-0.25, -0.2) is 4.99 Å². The number of nitrogens with one attached hydrogen (secondary N) is 2. The zero-order valence-electron chi connectivity index (χ0n) is 21.5. The van der Waals surface area contributed by atoms with Gasteiger partial charge >= 0.3 is 0 Å². The van der Waals surface area contributed by atoms with Crippen LogP contribution in [0.15, 0.2) is 51.6 Å². The number of benzene rings is 2. The minimum Gasteiger partial charge on any atom is -0.493 e. The highest BCUT2D eigenvalue weighted by Gasteiger charge is 2.23. The molecule has 2 aromatic rings. The molecule has 0 aliphatic carbocycles. The number of nitrogens with two attached hydrogens (primary N) is 1. The molecule has 1 atom stereocenters. The normalized spacial score (nSPS) is 17.5. The van der Waals surface area contributed by atoms with Crippen LogP contribution in [-0.4, -0.2) is 68.9 Å². The van der Waals surface area contributed by atoms with E-state index in [1.165, 1.54) is 0 Å². The number of nitrogens with zero attached hydrogens (tertiary/aromatic N) is 4. The summed E-state index contributed by atoms with van der Waals surface area (Å²) >= 11 is 12.2. The number of halogens is 2. The molecule has 4 N–H and O–H groups in total. The number of ether oxygens (including phenoxy) is 2. The second-order valence-corrected chi connectivity index (χ2v) is 10.1. The van der Waals surface area contributed by atoms with Gasteiger partial charge in [0.25, 0.3) is 5.91 Å². The summed E-state index contributed by atoms with van der Waals surface area (Å²) in [4.78, 5) is 31.0. The van der Waals surface area contributed by atoms with Crippen molar-refractivity contribution in [3.63, 3.8) is 0 Å². The number of guanidine groups is 1. The fraction of sp³-hybridized carbons (Fsp3) is 0.423. The molecule has 0 radical (unpaired) electrons. The molecule has 39 heavy (non-hydrogen) atoms. The van der Waals surface area contributed by atoms with Crippen LogP contribution in [-0.2, 0) is 11.2 Å². The van der Waals surface area contributed by atoms with E-state index < -0.39 is 6.29 Å². The van der Waals surface area contributed by atoms with Crippen molar-refractivity contribution in [2.24, 2.45) is 26.9 Å². The third-order valence-corrected chi connectivity index (χ3v) is 7.06. The van der Waals surface area contributed by atoms with Gasteiger partial charge in [-0.05, 0) is 67.7 Å². The van der Waals surface area contributed by atoms with E-state index in [1.807, 2.05) is 6.07 Å². The molecular weight excluding hydrogens is 545 g/mol. The van der Waals surface area contributed by atoms with Crippen LogP contribution in [0.1, 0.15) is 28.8 Å². The van der Waals surface area contributed by atoms with Gasteiger partial charge in [-0.3, -0.25) is 25.5 Å². The van der Waals surface area contributed by atoms with Crippen molar-refractivity contribution in [3.05, 3.63) is 57.6 Å². The third kappa shape index (κ3) is 8.37. The number of aliphatic imine (C=N–C) groups is 1. The Balaban J connectivity index is 1.21. The van der Waals surface area contributed by atoms with E-state index in [0.717, 1.165) is 31.5 Å². The van der Waals surface area contributed by atoms with Gasteiger partial charge in [-0.15, -0.1) is 10.2 Å². The van der Waals surface area contributed by atoms with Gasteiger partial charge in [0.15, 0.2) is 11.5 Å². The molecule has 2 heterocycles. The van der Waals surface area contributed by atoms with Crippen molar-refractivity contribution in [1.29, 1.82) is 0 Å². The molecule has 1 fully saturated rings. The zero-order chi connectivity index (χ0) is 27.8. The van der Waals surface area contributed by atoms with Crippen LogP contribution < -0.4 is 25.8 Å². The fourth-order valence-electron chi connectivity index (χ4n) is 4.33. The molecule has 0 aromatic heterocycles. The van der Waals surface area contributed by atoms with Gasteiger partial charge in [0.05, 0.1) is 20.3 Å². The van der Waals surface area contributed by atoms with E-state index in [4.69, 9.17) is 38.4 Å². The molecule has 2 aliphatic heterocycles. The molecule has 1 unspecified atom stereocenters. The number of rotatable bonds is 10. The standard InChI is InChI=1S/C26H31Cl2N7O4/c1-38-21-5-3-18(12-22(21)39-11-8-17-2-4-19(27)13-20(17)28)24(37)30-14-16-6-9-35(10-7-16)15-23(36)31-26-32-25(29)33-34-26/h2-5,12-13,16,25H,6-11,14-15,29H2,1H3,(H,30,37)(H,31,32,36). The van der Waals surface area contributed by atoms with Crippen LogP contribution in [0.2, 0.25) is 10.0 Å². The number of carbonyl (C=O) groups is 2.